The average Bonchev–Trinajstić information content (AvgIpc) is 2.13. The summed E-state index contributed by atoms with van der Waals surface area (Å²) in [4.78, 5) is 0. The molecule has 0 aromatic carbocycles. The normalized spacial score (nSPS) is 17.2. The van der Waals surface area contributed by atoms with Crippen molar-refractivity contribution in [3.05, 3.63) is 35.6 Å². The molecule has 0 amide bonds. The molecule has 0 spiro atoms. The largest absolute Gasteiger partial charge is 0.398 e. The van der Waals surface area contributed by atoms with Crippen LogP contribution < -0.4 is 5.73 Å². The van der Waals surface area contributed by atoms with Gasteiger partial charge in [-0.3, -0.25) is 0 Å². The molecule has 1 rings (SSSR count). The van der Waals surface area contributed by atoms with Crippen molar-refractivity contribution < 1.29 is 0 Å². The van der Waals surface area contributed by atoms with Gasteiger partial charge in [0.25, 0.3) is 0 Å². The lowest BCUT2D eigenvalue weighted by atomic mass is 10.2. The highest BCUT2D eigenvalue weighted by Crippen LogP contribution is 2.05. The Hall–Kier alpha value is -1.31. The fourth-order valence-corrected chi connectivity index (χ4v) is 0.792. The molecule has 3 N–H and O–H groups in total. The van der Waals surface area contributed by atoms with Gasteiger partial charge in [0.1, 0.15) is 0 Å². The zero-order valence-electron chi connectivity index (χ0n) is 5.67. The predicted molar refractivity (Wildman–Crippen MR) is 42.9 cm³/mol. The fraction of sp³-hybridized carbons (Fsp3) is 0.125. The minimum atomic E-state index is 0.670. The summed E-state index contributed by atoms with van der Waals surface area (Å²) in [6.45, 7) is 0. The lowest BCUT2D eigenvalue weighted by Crippen LogP contribution is -1.97. The molecule has 1 aliphatic carbocycles. The average molecular weight is 134 g/mol. The second kappa shape index (κ2) is 3.01. The zero-order chi connectivity index (χ0) is 7.40. The summed E-state index contributed by atoms with van der Waals surface area (Å²) < 4.78 is 0. The van der Waals surface area contributed by atoms with Crippen molar-refractivity contribution in [1.29, 1.82) is 5.41 Å². The minimum Gasteiger partial charge on any atom is -0.398 e. The summed E-state index contributed by atoms with van der Waals surface area (Å²) in [5.74, 6) is 0. The summed E-state index contributed by atoms with van der Waals surface area (Å²) in [7, 11) is 0. The third-order valence-electron chi connectivity index (χ3n) is 1.36. The number of allylic oxidation sites excluding steroid dienone is 5. The van der Waals surface area contributed by atoms with Crippen LogP contribution in [0.1, 0.15) is 6.42 Å². The van der Waals surface area contributed by atoms with Crippen LogP contribution in [0, 0.1) is 5.41 Å². The van der Waals surface area contributed by atoms with E-state index in [1.54, 1.807) is 0 Å². The van der Waals surface area contributed by atoms with E-state index in [2.05, 4.69) is 0 Å². The Bertz CT molecular complexity index is 221. The molecule has 0 aromatic heterocycles. The fourth-order valence-electron chi connectivity index (χ4n) is 0.792. The first-order valence-electron chi connectivity index (χ1n) is 3.18. The monoisotopic (exact) mass is 134 g/mol. The van der Waals surface area contributed by atoms with Crippen LogP contribution in [0.3, 0.4) is 0 Å². The van der Waals surface area contributed by atoms with Crippen LogP contribution in [0.15, 0.2) is 35.6 Å². The lowest BCUT2D eigenvalue weighted by molar-refractivity contribution is 1.37. The van der Waals surface area contributed by atoms with E-state index in [0.717, 1.165) is 12.0 Å². The Morgan fingerprint density at radius 1 is 1.40 bits per heavy atom. The van der Waals surface area contributed by atoms with Crippen LogP contribution in [0.2, 0.25) is 0 Å². The molecular formula is C8H10N2. The van der Waals surface area contributed by atoms with E-state index in [-0.39, 0.29) is 0 Å². The van der Waals surface area contributed by atoms with Gasteiger partial charge in [-0.05, 0) is 12.5 Å². The highest BCUT2D eigenvalue weighted by atomic mass is 14.6. The highest BCUT2D eigenvalue weighted by molar-refractivity contribution is 5.81. The van der Waals surface area contributed by atoms with E-state index >= 15 is 0 Å². The number of hydrogen-bond acceptors (Lipinski definition) is 2. The Labute approximate surface area is 60.2 Å². The van der Waals surface area contributed by atoms with E-state index in [1.165, 1.54) is 6.21 Å². The van der Waals surface area contributed by atoms with Crippen molar-refractivity contribution in [2.45, 2.75) is 6.42 Å². The standard InChI is InChI=1S/C8H10N2/c9-6-7-4-2-1-3-5-8(7)10/h2-6,9H,1,10H2. The smallest absolute Gasteiger partial charge is 0.0399 e. The highest BCUT2D eigenvalue weighted by Gasteiger charge is 1.94. The van der Waals surface area contributed by atoms with Gasteiger partial charge in [-0.15, -0.1) is 0 Å². The Morgan fingerprint density at radius 3 is 2.80 bits per heavy atom. The van der Waals surface area contributed by atoms with E-state index < -0.39 is 0 Å². The van der Waals surface area contributed by atoms with Crippen LogP contribution in [-0.4, -0.2) is 6.21 Å². The van der Waals surface area contributed by atoms with Gasteiger partial charge in [-0.25, -0.2) is 0 Å². The first kappa shape index (κ1) is 6.81. The first-order valence-corrected chi connectivity index (χ1v) is 3.18. The van der Waals surface area contributed by atoms with E-state index in [0.29, 0.717) is 5.70 Å². The molecule has 1 aliphatic rings. The maximum atomic E-state index is 6.98. The molecule has 0 aromatic rings. The molecule has 52 valence electrons. The lowest BCUT2D eigenvalue weighted by Gasteiger charge is -1.93. The van der Waals surface area contributed by atoms with Crippen LogP contribution >= 0.6 is 0 Å². The minimum absolute atomic E-state index is 0.670. The van der Waals surface area contributed by atoms with Crippen molar-refractivity contribution in [2.75, 3.05) is 0 Å². The second-order valence-corrected chi connectivity index (χ2v) is 2.10. The van der Waals surface area contributed by atoms with Crippen LogP contribution in [0.4, 0.5) is 0 Å². The van der Waals surface area contributed by atoms with Gasteiger partial charge in [-0.1, -0.05) is 18.2 Å². The number of rotatable bonds is 1. The van der Waals surface area contributed by atoms with E-state index in [4.69, 9.17) is 11.1 Å². The Balaban J connectivity index is 2.98. The first-order chi connectivity index (χ1) is 4.84. The maximum absolute atomic E-state index is 6.98. The molecule has 0 radical (unpaired) electrons. The van der Waals surface area contributed by atoms with Crippen LogP contribution in [0.25, 0.3) is 0 Å². The van der Waals surface area contributed by atoms with Gasteiger partial charge in [-0.2, -0.15) is 0 Å². The van der Waals surface area contributed by atoms with Crippen LogP contribution in [-0.2, 0) is 0 Å². The van der Waals surface area contributed by atoms with Gasteiger partial charge in [0, 0.05) is 17.5 Å². The molecule has 2 heteroatoms. The molecule has 0 atom stereocenters. The summed E-state index contributed by atoms with van der Waals surface area (Å²) >= 11 is 0. The maximum Gasteiger partial charge on any atom is 0.0399 e. The SMILES string of the molecule is N=CC1=C(N)C=CCC=C1. The predicted octanol–water partition coefficient (Wildman–Crippen LogP) is 1.36. The number of nitrogens with two attached hydrogens (primary N) is 1. The van der Waals surface area contributed by atoms with Gasteiger partial charge in [0.15, 0.2) is 0 Å². The topological polar surface area (TPSA) is 49.9 Å². The zero-order valence-corrected chi connectivity index (χ0v) is 5.67. The molecule has 0 aliphatic heterocycles. The molecule has 0 saturated heterocycles. The summed E-state index contributed by atoms with van der Waals surface area (Å²) in [6.07, 6.45) is 9.82. The molecule has 0 saturated carbocycles. The van der Waals surface area contributed by atoms with E-state index in [1.807, 2.05) is 24.3 Å². The number of hydrogen-bond donors (Lipinski definition) is 2. The van der Waals surface area contributed by atoms with Gasteiger partial charge in [0.05, 0.1) is 0 Å². The van der Waals surface area contributed by atoms with Gasteiger partial charge < -0.3 is 11.1 Å². The third kappa shape index (κ3) is 1.35. The third-order valence-corrected chi connectivity index (χ3v) is 1.36. The van der Waals surface area contributed by atoms with Crippen molar-refractivity contribution in [1.82, 2.24) is 0 Å². The molecule has 0 heterocycles. The van der Waals surface area contributed by atoms with Gasteiger partial charge >= 0.3 is 0 Å². The summed E-state index contributed by atoms with van der Waals surface area (Å²) in [5, 5.41) is 6.98. The van der Waals surface area contributed by atoms with Crippen molar-refractivity contribution in [2.24, 2.45) is 5.73 Å². The van der Waals surface area contributed by atoms with Crippen molar-refractivity contribution >= 4 is 6.21 Å². The van der Waals surface area contributed by atoms with Crippen LogP contribution in [0.5, 0.6) is 0 Å². The Kier molecular flexibility index (Phi) is 2.05. The van der Waals surface area contributed by atoms with Crippen molar-refractivity contribution in [3.63, 3.8) is 0 Å². The summed E-state index contributed by atoms with van der Waals surface area (Å²) in [6, 6.07) is 0. The molecule has 0 bridgehead atoms. The second-order valence-electron chi connectivity index (χ2n) is 2.10. The molecule has 0 unspecified atom stereocenters. The van der Waals surface area contributed by atoms with E-state index in [9.17, 15) is 0 Å². The molecular weight excluding hydrogens is 124 g/mol. The Morgan fingerprint density at radius 2 is 2.10 bits per heavy atom. The van der Waals surface area contributed by atoms with Crippen molar-refractivity contribution in [3.8, 4) is 0 Å². The quantitative estimate of drug-likeness (QED) is 0.523. The van der Waals surface area contributed by atoms with Gasteiger partial charge in [0.2, 0.25) is 0 Å². The molecule has 2 nitrogen and oxygen atoms in total. The molecule has 10 heavy (non-hydrogen) atoms. The summed E-state index contributed by atoms with van der Waals surface area (Å²) in [5.41, 5.74) is 7.04. The number of nitrogens with one attached hydrogen (secondary N) is 1. The molecule has 0 fully saturated rings.